The van der Waals surface area contributed by atoms with Gasteiger partial charge in [-0.1, -0.05) is 11.6 Å². The van der Waals surface area contributed by atoms with E-state index in [1.807, 2.05) is 20.8 Å². The van der Waals surface area contributed by atoms with Crippen LogP contribution in [0.4, 0.5) is 16.3 Å². The van der Waals surface area contributed by atoms with E-state index < -0.39 is 5.60 Å². The number of ether oxygens (including phenoxy) is 1. The monoisotopic (exact) mass is 315 g/mol. The minimum atomic E-state index is -0.502. The van der Waals surface area contributed by atoms with Crippen LogP contribution in [0.1, 0.15) is 20.8 Å². The molecular weight excluding hydrogens is 294 g/mol. The van der Waals surface area contributed by atoms with E-state index >= 15 is 0 Å². The highest BCUT2D eigenvalue weighted by Gasteiger charge is 2.19. The Bertz CT molecular complexity index is 490. The van der Waals surface area contributed by atoms with E-state index in [1.165, 1.54) is 11.2 Å². The molecule has 8 heteroatoms. The molecule has 0 saturated carbocycles. The van der Waals surface area contributed by atoms with Crippen molar-refractivity contribution in [3.8, 4) is 0 Å². The molecule has 0 aliphatic carbocycles. The van der Waals surface area contributed by atoms with Gasteiger partial charge in [0.1, 0.15) is 17.6 Å². The van der Waals surface area contributed by atoms with Gasteiger partial charge in [-0.15, -0.1) is 0 Å². The van der Waals surface area contributed by atoms with Gasteiger partial charge >= 0.3 is 6.09 Å². The number of likely N-dealkylation sites (N-methyl/N-ethyl adjacent to an activating group) is 1. The van der Waals surface area contributed by atoms with Gasteiger partial charge in [0.15, 0.2) is 11.0 Å². The van der Waals surface area contributed by atoms with Crippen molar-refractivity contribution in [1.29, 1.82) is 0 Å². The Morgan fingerprint density at radius 2 is 2.10 bits per heavy atom. The first-order chi connectivity index (χ1) is 9.74. The summed E-state index contributed by atoms with van der Waals surface area (Å²) < 4.78 is 5.27. The van der Waals surface area contributed by atoms with Gasteiger partial charge in [0.25, 0.3) is 0 Å². The number of nitrogens with one attached hydrogen (secondary N) is 2. The average Bonchev–Trinajstić information content (AvgIpc) is 2.36. The zero-order chi connectivity index (χ0) is 16.0. The molecule has 0 fully saturated rings. The number of hydrogen-bond donors (Lipinski definition) is 2. The molecule has 1 heterocycles. The lowest BCUT2D eigenvalue weighted by Crippen LogP contribution is -2.36. The highest BCUT2D eigenvalue weighted by atomic mass is 35.5. The maximum atomic E-state index is 11.8. The minimum Gasteiger partial charge on any atom is -0.444 e. The van der Waals surface area contributed by atoms with Crippen LogP contribution in [0.3, 0.4) is 0 Å². The summed E-state index contributed by atoms with van der Waals surface area (Å²) in [5.74, 6) is 0.593. The van der Waals surface area contributed by atoms with E-state index in [2.05, 4.69) is 20.6 Å². The minimum absolute atomic E-state index is 0.343. The molecule has 0 aliphatic rings. The first kappa shape index (κ1) is 17.3. The molecule has 0 aliphatic heterocycles. The summed E-state index contributed by atoms with van der Waals surface area (Å²) in [6, 6.07) is 0. The molecule has 7 nitrogen and oxygen atoms in total. The quantitative estimate of drug-likeness (QED) is 0.813. The fraction of sp³-hybridized carbons (Fsp3) is 0.615. The summed E-state index contributed by atoms with van der Waals surface area (Å²) in [5.41, 5.74) is 0.122. The molecule has 1 aromatic heterocycles. The number of hydrogen-bond acceptors (Lipinski definition) is 6. The third kappa shape index (κ3) is 5.63. The Labute approximate surface area is 130 Å². The molecule has 0 radical (unpaired) electrons. The van der Waals surface area contributed by atoms with Crippen LogP contribution in [0, 0.1) is 0 Å². The van der Waals surface area contributed by atoms with Crippen molar-refractivity contribution in [2.45, 2.75) is 26.4 Å². The second-order valence-corrected chi connectivity index (χ2v) is 5.82. The standard InChI is InChI=1S/C13H22ClN5O2/c1-13(2,3)21-12(20)19(5)7-6-16-11-9(15-4)10(14)17-8-18-11/h8,15H,6-7H2,1-5H3,(H,16,17,18). The van der Waals surface area contributed by atoms with E-state index in [-0.39, 0.29) is 6.09 Å². The molecule has 0 atom stereocenters. The van der Waals surface area contributed by atoms with Crippen LogP contribution >= 0.6 is 11.6 Å². The summed E-state index contributed by atoms with van der Waals surface area (Å²) in [6.45, 7) is 6.48. The maximum absolute atomic E-state index is 11.8. The molecule has 0 aromatic carbocycles. The largest absolute Gasteiger partial charge is 0.444 e. The topological polar surface area (TPSA) is 79.4 Å². The van der Waals surface area contributed by atoms with Gasteiger partial charge in [0.05, 0.1) is 0 Å². The molecule has 0 unspecified atom stereocenters. The maximum Gasteiger partial charge on any atom is 0.410 e. The molecule has 1 aromatic rings. The lowest BCUT2D eigenvalue weighted by molar-refractivity contribution is 0.0305. The molecule has 1 amide bonds. The van der Waals surface area contributed by atoms with E-state index in [0.717, 1.165) is 0 Å². The molecule has 118 valence electrons. The first-order valence-electron chi connectivity index (χ1n) is 6.61. The molecular formula is C13H22ClN5O2. The third-order valence-electron chi connectivity index (χ3n) is 2.50. The predicted molar refractivity (Wildman–Crippen MR) is 83.9 cm³/mol. The van der Waals surface area contributed by atoms with Crippen LogP contribution in [0.5, 0.6) is 0 Å². The van der Waals surface area contributed by atoms with E-state index in [0.29, 0.717) is 29.7 Å². The number of amides is 1. The van der Waals surface area contributed by atoms with Gasteiger partial charge in [0, 0.05) is 27.2 Å². The van der Waals surface area contributed by atoms with Crippen LogP contribution in [0.15, 0.2) is 6.33 Å². The highest BCUT2D eigenvalue weighted by Crippen LogP contribution is 2.24. The SMILES string of the molecule is CNc1c(Cl)ncnc1NCCN(C)C(=O)OC(C)(C)C. The number of anilines is 2. The molecule has 0 saturated heterocycles. The van der Waals surface area contributed by atoms with Gasteiger partial charge in [-0.05, 0) is 20.8 Å². The van der Waals surface area contributed by atoms with Crippen molar-refractivity contribution < 1.29 is 9.53 Å². The number of halogens is 1. The van der Waals surface area contributed by atoms with Gasteiger partial charge in [-0.3, -0.25) is 0 Å². The number of carbonyl (C=O) groups is 1. The van der Waals surface area contributed by atoms with Crippen molar-refractivity contribution in [2.75, 3.05) is 37.8 Å². The summed E-state index contributed by atoms with van der Waals surface area (Å²) in [7, 11) is 3.42. The van der Waals surface area contributed by atoms with E-state index in [1.54, 1.807) is 14.1 Å². The average molecular weight is 316 g/mol. The Morgan fingerprint density at radius 3 is 2.67 bits per heavy atom. The Balaban J connectivity index is 2.50. The van der Waals surface area contributed by atoms with Crippen molar-refractivity contribution in [1.82, 2.24) is 14.9 Å². The molecule has 1 rings (SSSR count). The predicted octanol–water partition coefficient (Wildman–Crippen LogP) is 2.45. The summed E-state index contributed by atoms with van der Waals surface area (Å²) in [4.78, 5) is 21.3. The van der Waals surface area contributed by atoms with Crippen LogP contribution < -0.4 is 10.6 Å². The van der Waals surface area contributed by atoms with Crippen molar-refractivity contribution in [2.24, 2.45) is 0 Å². The number of rotatable bonds is 5. The Morgan fingerprint density at radius 1 is 1.43 bits per heavy atom. The lowest BCUT2D eigenvalue weighted by atomic mass is 10.2. The zero-order valence-electron chi connectivity index (χ0n) is 13.0. The van der Waals surface area contributed by atoms with E-state index in [4.69, 9.17) is 16.3 Å². The molecule has 2 N–H and O–H groups in total. The van der Waals surface area contributed by atoms with Crippen LogP contribution in [0.2, 0.25) is 5.15 Å². The summed E-state index contributed by atoms with van der Waals surface area (Å²) in [6.07, 6.45) is 1.02. The van der Waals surface area contributed by atoms with Gasteiger partial charge in [-0.2, -0.15) is 0 Å². The summed E-state index contributed by atoms with van der Waals surface area (Å²) >= 11 is 5.96. The molecule has 0 spiro atoms. The van der Waals surface area contributed by atoms with Crippen LogP contribution in [-0.4, -0.2) is 53.7 Å². The third-order valence-corrected chi connectivity index (χ3v) is 2.78. The summed E-state index contributed by atoms with van der Waals surface area (Å²) in [5, 5.41) is 6.38. The van der Waals surface area contributed by atoms with Crippen molar-refractivity contribution >= 4 is 29.2 Å². The molecule has 21 heavy (non-hydrogen) atoms. The lowest BCUT2D eigenvalue weighted by Gasteiger charge is -2.24. The zero-order valence-corrected chi connectivity index (χ0v) is 13.8. The van der Waals surface area contributed by atoms with E-state index in [9.17, 15) is 4.79 Å². The van der Waals surface area contributed by atoms with Crippen molar-refractivity contribution in [3.05, 3.63) is 11.5 Å². The van der Waals surface area contributed by atoms with Crippen LogP contribution in [0.25, 0.3) is 0 Å². The van der Waals surface area contributed by atoms with Gasteiger partial charge in [0.2, 0.25) is 0 Å². The van der Waals surface area contributed by atoms with Gasteiger partial charge in [-0.25, -0.2) is 14.8 Å². The normalized spacial score (nSPS) is 11.0. The fourth-order valence-electron chi connectivity index (χ4n) is 1.49. The molecule has 0 bridgehead atoms. The van der Waals surface area contributed by atoms with Crippen LogP contribution in [-0.2, 0) is 4.74 Å². The Kier molecular flexibility index (Phi) is 6.02. The van der Waals surface area contributed by atoms with Crippen molar-refractivity contribution in [3.63, 3.8) is 0 Å². The fourth-order valence-corrected chi connectivity index (χ4v) is 1.72. The second-order valence-electron chi connectivity index (χ2n) is 5.47. The smallest absolute Gasteiger partial charge is 0.410 e. The highest BCUT2D eigenvalue weighted by molar-refractivity contribution is 6.32. The van der Waals surface area contributed by atoms with Gasteiger partial charge < -0.3 is 20.3 Å². The Hall–Kier alpha value is -1.76. The number of aromatic nitrogens is 2. The number of carbonyl (C=O) groups excluding carboxylic acids is 1. The first-order valence-corrected chi connectivity index (χ1v) is 6.98. The number of nitrogens with zero attached hydrogens (tertiary/aromatic N) is 3. The second kappa shape index (κ2) is 7.31.